The maximum Gasteiger partial charge on any atom is 0.133 e. The zero-order valence-corrected chi connectivity index (χ0v) is 10.8. The van der Waals surface area contributed by atoms with Gasteiger partial charge in [0.15, 0.2) is 0 Å². The summed E-state index contributed by atoms with van der Waals surface area (Å²) in [6, 6.07) is 4.08. The Labute approximate surface area is 98.8 Å². The molecule has 82 valence electrons. The molecule has 1 aromatic carbocycles. The maximum absolute atomic E-state index is 10.6. The van der Waals surface area contributed by atoms with Gasteiger partial charge in [-0.2, -0.15) is 0 Å². The molecule has 0 saturated heterocycles. The molecule has 0 bridgehead atoms. The summed E-state index contributed by atoms with van der Waals surface area (Å²) in [4.78, 5) is 10.4. The highest BCUT2D eigenvalue weighted by Crippen LogP contribution is 2.24. The smallest absolute Gasteiger partial charge is 0.133 e. The van der Waals surface area contributed by atoms with Gasteiger partial charge in [0.2, 0.25) is 0 Å². The highest BCUT2D eigenvalue weighted by molar-refractivity contribution is 9.09. The van der Waals surface area contributed by atoms with Crippen molar-refractivity contribution in [1.82, 2.24) is 0 Å². The number of hydrogen-bond donors (Lipinski definition) is 0. The summed E-state index contributed by atoms with van der Waals surface area (Å²) in [5.74, 6) is 0.897. The summed E-state index contributed by atoms with van der Waals surface area (Å²) >= 11 is 3.31. The third kappa shape index (κ3) is 3.06. The second-order valence-electron chi connectivity index (χ2n) is 3.60. The molecule has 15 heavy (non-hydrogen) atoms. The fraction of sp³-hybridized carbons (Fsp3) is 0.417. The van der Waals surface area contributed by atoms with Crippen molar-refractivity contribution in [3.8, 4) is 5.75 Å². The lowest BCUT2D eigenvalue weighted by Crippen LogP contribution is -2.05. The second kappa shape index (κ2) is 5.31. The van der Waals surface area contributed by atoms with E-state index in [0.29, 0.717) is 0 Å². The van der Waals surface area contributed by atoms with Gasteiger partial charge in [0.25, 0.3) is 0 Å². The molecule has 2 nitrogen and oxygen atoms in total. The SMILES string of the molecule is COc1cc(C)c(CC(Br)C=O)cc1C. The Balaban J connectivity index is 2.99. The Kier molecular flexibility index (Phi) is 4.33. The number of ether oxygens (including phenoxy) is 1. The maximum atomic E-state index is 10.6. The molecule has 1 atom stereocenters. The topological polar surface area (TPSA) is 26.3 Å². The van der Waals surface area contributed by atoms with E-state index in [9.17, 15) is 4.79 Å². The van der Waals surface area contributed by atoms with E-state index in [-0.39, 0.29) is 4.83 Å². The minimum atomic E-state index is -0.107. The number of alkyl halides is 1. The van der Waals surface area contributed by atoms with Gasteiger partial charge in [-0.15, -0.1) is 0 Å². The number of rotatable bonds is 4. The molecule has 0 spiro atoms. The monoisotopic (exact) mass is 270 g/mol. The Morgan fingerprint density at radius 1 is 1.40 bits per heavy atom. The van der Waals surface area contributed by atoms with Gasteiger partial charge < -0.3 is 9.53 Å². The van der Waals surface area contributed by atoms with Crippen molar-refractivity contribution in [2.75, 3.05) is 7.11 Å². The summed E-state index contributed by atoms with van der Waals surface area (Å²) in [5.41, 5.74) is 3.44. The van der Waals surface area contributed by atoms with Gasteiger partial charge in [-0.3, -0.25) is 0 Å². The van der Waals surface area contributed by atoms with Crippen molar-refractivity contribution >= 4 is 22.2 Å². The Bertz CT molecular complexity index is 361. The van der Waals surface area contributed by atoms with Crippen LogP contribution >= 0.6 is 15.9 Å². The van der Waals surface area contributed by atoms with Gasteiger partial charge in [0, 0.05) is 0 Å². The van der Waals surface area contributed by atoms with E-state index in [1.807, 2.05) is 19.9 Å². The molecule has 1 aromatic rings. The molecule has 0 saturated carbocycles. The van der Waals surface area contributed by atoms with Gasteiger partial charge in [-0.1, -0.05) is 22.0 Å². The van der Waals surface area contributed by atoms with E-state index in [0.717, 1.165) is 29.6 Å². The lowest BCUT2D eigenvalue weighted by Gasteiger charge is -2.11. The minimum absolute atomic E-state index is 0.107. The number of halogens is 1. The van der Waals surface area contributed by atoms with Crippen molar-refractivity contribution in [3.63, 3.8) is 0 Å². The van der Waals surface area contributed by atoms with E-state index in [4.69, 9.17) is 4.74 Å². The van der Waals surface area contributed by atoms with Crippen LogP contribution in [0.3, 0.4) is 0 Å². The van der Waals surface area contributed by atoms with E-state index >= 15 is 0 Å². The highest BCUT2D eigenvalue weighted by atomic mass is 79.9. The number of carbonyl (C=O) groups excluding carboxylic acids is 1. The highest BCUT2D eigenvalue weighted by Gasteiger charge is 2.09. The number of benzene rings is 1. The third-order valence-electron chi connectivity index (χ3n) is 2.42. The average Bonchev–Trinajstić information content (AvgIpc) is 2.22. The number of aldehydes is 1. The van der Waals surface area contributed by atoms with Crippen LogP contribution in [0.25, 0.3) is 0 Å². The van der Waals surface area contributed by atoms with E-state index in [1.54, 1.807) is 7.11 Å². The lowest BCUT2D eigenvalue weighted by molar-refractivity contribution is -0.107. The van der Waals surface area contributed by atoms with Crippen LogP contribution in [0.4, 0.5) is 0 Å². The molecular formula is C12H15BrO2. The summed E-state index contributed by atoms with van der Waals surface area (Å²) in [6.45, 7) is 4.04. The van der Waals surface area contributed by atoms with Gasteiger partial charge in [0.1, 0.15) is 12.0 Å². The summed E-state index contributed by atoms with van der Waals surface area (Å²) in [5, 5.41) is 0. The fourth-order valence-corrected chi connectivity index (χ4v) is 1.90. The zero-order valence-electron chi connectivity index (χ0n) is 9.21. The fourth-order valence-electron chi connectivity index (χ4n) is 1.55. The van der Waals surface area contributed by atoms with Crippen LogP contribution in [0.15, 0.2) is 12.1 Å². The summed E-state index contributed by atoms with van der Waals surface area (Å²) < 4.78 is 5.23. The van der Waals surface area contributed by atoms with E-state index < -0.39 is 0 Å². The number of carbonyl (C=O) groups is 1. The normalized spacial score (nSPS) is 12.3. The molecule has 0 aliphatic heterocycles. The van der Waals surface area contributed by atoms with Crippen molar-refractivity contribution in [3.05, 3.63) is 28.8 Å². The van der Waals surface area contributed by atoms with Crippen LogP contribution in [-0.4, -0.2) is 18.2 Å². The quantitative estimate of drug-likeness (QED) is 0.621. The van der Waals surface area contributed by atoms with Crippen LogP contribution in [0, 0.1) is 13.8 Å². The molecule has 0 N–H and O–H groups in total. The Hall–Kier alpha value is -0.830. The number of hydrogen-bond acceptors (Lipinski definition) is 2. The second-order valence-corrected chi connectivity index (χ2v) is 4.78. The molecule has 0 heterocycles. The van der Waals surface area contributed by atoms with Gasteiger partial charge in [-0.05, 0) is 43.0 Å². The first-order chi connectivity index (χ1) is 7.08. The molecular weight excluding hydrogens is 256 g/mol. The van der Waals surface area contributed by atoms with Gasteiger partial charge in [0.05, 0.1) is 11.9 Å². The van der Waals surface area contributed by atoms with Gasteiger partial charge in [-0.25, -0.2) is 0 Å². The molecule has 0 aliphatic rings. The zero-order chi connectivity index (χ0) is 11.4. The molecule has 1 rings (SSSR count). The van der Waals surface area contributed by atoms with E-state index in [1.165, 1.54) is 5.56 Å². The lowest BCUT2D eigenvalue weighted by atomic mass is 10.0. The first-order valence-electron chi connectivity index (χ1n) is 4.82. The standard InChI is InChI=1S/C12H15BrO2/c1-8-5-12(15-3)9(2)4-10(8)6-11(13)7-14/h4-5,7,11H,6H2,1-3H3. The molecule has 0 aliphatic carbocycles. The average molecular weight is 271 g/mol. The van der Waals surface area contributed by atoms with Crippen LogP contribution < -0.4 is 4.74 Å². The third-order valence-corrected chi connectivity index (χ3v) is 2.96. The van der Waals surface area contributed by atoms with Crippen LogP contribution in [-0.2, 0) is 11.2 Å². The Morgan fingerprint density at radius 2 is 2.07 bits per heavy atom. The van der Waals surface area contributed by atoms with Crippen LogP contribution in [0.1, 0.15) is 16.7 Å². The van der Waals surface area contributed by atoms with Crippen molar-refractivity contribution in [2.24, 2.45) is 0 Å². The predicted molar refractivity (Wildman–Crippen MR) is 65.0 cm³/mol. The number of aryl methyl sites for hydroxylation is 2. The number of methoxy groups -OCH3 is 1. The van der Waals surface area contributed by atoms with Crippen molar-refractivity contribution < 1.29 is 9.53 Å². The van der Waals surface area contributed by atoms with E-state index in [2.05, 4.69) is 22.0 Å². The molecule has 0 amide bonds. The summed E-state index contributed by atoms with van der Waals surface area (Å²) in [6.07, 6.45) is 1.64. The first-order valence-corrected chi connectivity index (χ1v) is 5.73. The van der Waals surface area contributed by atoms with Crippen molar-refractivity contribution in [2.45, 2.75) is 25.1 Å². The largest absolute Gasteiger partial charge is 0.496 e. The minimum Gasteiger partial charge on any atom is -0.496 e. The van der Waals surface area contributed by atoms with Crippen LogP contribution in [0.2, 0.25) is 0 Å². The molecule has 3 heteroatoms. The Morgan fingerprint density at radius 3 is 2.60 bits per heavy atom. The molecule has 0 aromatic heterocycles. The first kappa shape index (κ1) is 12.2. The summed E-state index contributed by atoms with van der Waals surface area (Å²) in [7, 11) is 1.67. The molecule has 1 unspecified atom stereocenters. The predicted octanol–water partition coefficient (Wildman–Crippen LogP) is 2.82. The van der Waals surface area contributed by atoms with Gasteiger partial charge >= 0.3 is 0 Å². The molecule has 0 fully saturated rings. The molecule has 0 radical (unpaired) electrons. The van der Waals surface area contributed by atoms with Crippen molar-refractivity contribution in [1.29, 1.82) is 0 Å². The van der Waals surface area contributed by atoms with Crippen LogP contribution in [0.5, 0.6) is 5.75 Å².